The molecule has 0 aliphatic rings. The van der Waals surface area contributed by atoms with Gasteiger partial charge in [0.05, 0.1) is 16.7 Å². The van der Waals surface area contributed by atoms with Gasteiger partial charge >= 0.3 is 0 Å². The van der Waals surface area contributed by atoms with E-state index in [2.05, 4.69) is 63.0 Å². The molecular formula is C24H12B4BrN. The topological polar surface area (TPSA) is 4.93 Å². The average molecular weight is 438 g/mol. The number of para-hydroxylation sites is 3. The maximum absolute atomic E-state index is 6.43. The first-order valence-corrected chi connectivity index (χ1v) is 10.3. The van der Waals surface area contributed by atoms with Crippen LogP contribution < -0.4 is 21.9 Å². The molecule has 5 aromatic rings. The molecule has 0 bridgehead atoms. The summed E-state index contributed by atoms with van der Waals surface area (Å²) in [6.07, 6.45) is 0. The quantitative estimate of drug-likeness (QED) is 0.374. The summed E-state index contributed by atoms with van der Waals surface area (Å²) in [4.78, 5) is 0. The molecule has 5 rings (SSSR count). The third-order valence-electron chi connectivity index (χ3n) is 5.59. The molecule has 1 aromatic heterocycles. The van der Waals surface area contributed by atoms with Gasteiger partial charge in [0.2, 0.25) is 0 Å². The molecule has 0 spiro atoms. The van der Waals surface area contributed by atoms with Crippen LogP contribution in [0.5, 0.6) is 0 Å². The SMILES string of the molecule is [B]c1c([B])c(-c2ccccc2-n2c3ccccc3c3ccccc32)c([B])c([B])c1Br. The van der Waals surface area contributed by atoms with Crippen molar-refractivity contribution in [1.29, 1.82) is 0 Å². The third-order valence-corrected chi connectivity index (χ3v) is 6.44. The fraction of sp³-hybridized carbons (Fsp3) is 0. The number of aromatic nitrogens is 1. The van der Waals surface area contributed by atoms with Gasteiger partial charge in [-0.15, -0.1) is 0 Å². The minimum Gasteiger partial charge on any atom is -0.309 e. The Bertz CT molecular complexity index is 1370. The Labute approximate surface area is 189 Å². The first-order valence-electron chi connectivity index (χ1n) is 9.50. The van der Waals surface area contributed by atoms with Crippen LogP contribution in [-0.2, 0) is 0 Å². The summed E-state index contributed by atoms with van der Waals surface area (Å²) in [6.45, 7) is 0. The number of halogens is 1. The average Bonchev–Trinajstić information content (AvgIpc) is 3.11. The lowest BCUT2D eigenvalue weighted by Crippen LogP contribution is -2.43. The first kappa shape index (κ1) is 19.4. The normalized spacial score (nSPS) is 11.4. The molecule has 6 heteroatoms. The molecule has 8 radical (unpaired) electrons. The van der Waals surface area contributed by atoms with Gasteiger partial charge < -0.3 is 4.57 Å². The van der Waals surface area contributed by atoms with E-state index in [4.69, 9.17) is 31.4 Å². The highest BCUT2D eigenvalue weighted by molar-refractivity contribution is 9.10. The molecule has 1 nitrogen and oxygen atoms in total. The number of nitrogens with zero attached hydrogens (tertiary/aromatic N) is 1. The Morgan fingerprint density at radius 1 is 0.567 bits per heavy atom. The van der Waals surface area contributed by atoms with Crippen molar-refractivity contribution in [2.24, 2.45) is 0 Å². The second-order valence-electron chi connectivity index (χ2n) is 7.23. The zero-order valence-electron chi connectivity index (χ0n) is 16.1. The van der Waals surface area contributed by atoms with E-state index in [-0.39, 0.29) is 0 Å². The van der Waals surface area contributed by atoms with Crippen molar-refractivity contribution < 1.29 is 0 Å². The van der Waals surface area contributed by atoms with Crippen molar-refractivity contribution in [3.63, 3.8) is 0 Å². The lowest BCUT2D eigenvalue weighted by Gasteiger charge is -2.22. The minimum absolute atomic E-state index is 0.383. The molecule has 0 saturated carbocycles. The molecule has 0 amide bonds. The van der Waals surface area contributed by atoms with Crippen molar-refractivity contribution >= 4 is 91.0 Å². The van der Waals surface area contributed by atoms with Gasteiger partial charge in [-0.2, -0.15) is 0 Å². The molecule has 1 heterocycles. The van der Waals surface area contributed by atoms with Crippen molar-refractivity contribution in [3.05, 3.63) is 77.3 Å². The maximum Gasteiger partial charge on any atom is 0.114 e. The lowest BCUT2D eigenvalue weighted by atomic mass is 9.66. The molecule has 30 heavy (non-hydrogen) atoms. The Kier molecular flexibility index (Phi) is 4.71. The van der Waals surface area contributed by atoms with Crippen LogP contribution in [0, 0.1) is 0 Å². The fourth-order valence-corrected chi connectivity index (χ4v) is 4.58. The van der Waals surface area contributed by atoms with Crippen molar-refractivity contribution in [1.82, 2.24) is 4.57 Å². The highest BCUT2D eigenvalue weighted by atomic mass is 79.9. The molecular weight excluding hydrogens is 425 g/mol. The van der Waals surface area contributed by atoms with Crippen molar-refractivity contribution in [2.75, 3.05) is 0 Å². The molecule has 0 unspecified atom stereocenters. The zero-order chi connectivity index (χ0) is 21.0. The monoisotopic (exact) mass is 437 g/mol. The van der Waals surface area contributed by atoms with E-state index in [1.165, 1.54) is 10.8 Å². The van der Waals surface area contributed by atoms with E-state index in [1.807, 2.05) is 30.3 Å². The molecule has 132 valence electrons. The minimum atomic E-state index is 0.383. The lowest BCUT2D eigenvalue weighted by molar-refractivity contribution is 1.18. The summed E-state index contributed by atoms with van der Waals surface area (Å²) in [5, 5.41) is 2.36. The van der Waals surface area contributed by atoms with E-state index in [0.717, 1.165) is 22.3 Å². The molecule has 4 aromatic carbocycles. The number of hydrogen-bond acceptors (Lipinski definition) is 0. The predicted octanol–water partition coefficient (Wildman–Crippen LogP) is 2.39. The summed E-state index contributed by atoms with van der Waals surface area (Å²) in [6, 6.07) is 24.7. The number of fused-ring (bicyclic) bond motifs is 3. The van der Waals surface area contributed by atoms with Gasteiger partial charge in [-0.05, 0) is 23.8 Å². The van der Waals surface area contributed by atoms with Gasteiger partial charge in [-0.25, -0.2) is 0 Å². The number of benzene rings is 4. The Morgan fingerprint density at radius 2 is 1.03 bits per heavy atom. The second kappa shape index (κ2) is 7.28. The highest BCUT2D eigenvalue weighted by Gasteiger charge is 2.18. The van der Waals surface area contributed by atoms with Crippen LogP contribution in [0.3, 0.4) is 0 Å². The summed E-state index contributed by atoms with van der Waals surface area (Å²) < 4.78 is 2.75. The van der Waals surface area contributed by atoms with Gasteiger partial charge in [-0.3, -0.25) is 0 Å². The molecule has 0 N–H and O–H groups in total. The van der Waals surface area contributed by atoms with Gasteiger partial charge in [0.15, 0.2) is 0 Å². The summed E-state index contributed by atoms with van der Waals surface area (Å²) in [5.41, 5.74) is 6.23. The van der Waals surface area contributed by atoms with Gasteiger partial charge in [0, 0.05) is 20.8 Å². The van der Waals surface area contributed by atoms with Crippen LogP contribution in [-0.4, -0.2) is 36.0 Å². The van der Waals surface area contributed by atoms with Gasteiger partial charge in [0.25, 0.3) is 0 Å². The molecule has 0 saturated heterocycles. The van der Waals surface area contributed by atoms with Gasteiger partial charge in [0.1, 0.15) is 31.4 Å². The molecule has 0 aliphatic carbocycles. The van der Waals surface area contributed by atoms with E-state index in [1.54, 1.807) is 0 Å². The molecule has 0 fully saturated rings. The Hall–Kier alpha value is -2.58. The predicted molar refractivity (Wildman–Crippen MR) is 135 cm³/mol. The van der Waals surface area contributed by atoms with E-state index in [0.29, 0.717) is 31.9 Å². The van der Waals surface area contributed by atoms with E-state index < -0.39 is 0 Å². The Balaban J connectivity index is 1.93. The summed E-state index contributed by atoms with van der Waals surface area (Å²) in [7, 11) is 25.3. The number of hydrogen-bond donors (Lipinski definition) is 0. The third kappa shape index (κ3) is 2.74. The molecule has 0 atom stereocenters. The molecule has 0 aliphatic heterocycles. The summed E-state index contributed by atoms with van der Waals surface area (Å²) >= 11 is 3.39. The highest BCUT2D eigenvalue weighted by Crippen LogP contribution is 2.35. The van der Waals surface area contributed by atoms with Crippen LogP contribution >= 0.6 is 15.9 Å². The second-order valence-corrected chi connectivity index (χ2v) is 8.02. The standard InChI is InChI=1S/C24H12B4BrN/c25-20-19(21(26)23(28)24(29)22(20)27)15-9-3-6-12-18(15)30-16-10-4-1-7-13(16)14-8-2-5-11-17(14)30/h1-12H. The number of rotatable bonds is 2. The maximum atomic E-state index is 6.43. The van der Waals surface area contributed by atoms with Crippen LogP contribution in [0.2, 0.25) is 0 Å². The van der Waals surface area contributed by atoms with E-state index >= 15 is 0 Å². The van der Waals surface area contributed by atoms with Crippen LogP contribution in [0.15, 0.2) is 77.3 Å². The fourth-order valence-electron chi connectivity index (χ4n) is 4.15. The Morgan fingerprint density at radius 3 is 1.60 bits per heavy atom. The summed E-state index contributed by atoms with van der Waals surface area (Å²) in [5.74, 6) is 0. The van der Waals surface area contributed by atoms with Crippen molar-refractivity contribution in [2.45, 2.75) is 0 Å². The van der Waals surface area contributed by atoms with Crippen LogP contribution in [0.1, 0.15) is 0 Å². The van der Waals surface area contributed by atoms with Crippen LogP contribution in [0.25, 0.3) is 38.6 Å². The van der Waals surface area contributed by atoms with Crippen LogP contribution in [0.4, 0.5) is 0 Å². The van der Waals surface area contributed by atoms with Crippen molar-refractivity contribution in [3.8, 4) is 16.8 Å². The van der Waals surface area contributed by atoms with E-state index in [9.17, 15) is 0 Å². The largest absolute Gasteiger partial charge is 0.309 e. The van der Waals surface area contributed by atoms with Gasteiger partial charge in [-0.1, -0.05) is 92.4 Å². The smallest absolute Gasteiger partial charge is 0.114 e. The first-order chi connectivity index (χ1) is 14.5. The zero-order valence-corrected chi connectivity index (χ0v) is 17.6.